The molecular weight excluding hydrogens is 234 g/mol. The fraction of sp³-hybridized carbons (Fsp3) is 0.308. The third-order valence-corrected chi connectivity index (χ3v) is 3.63. The Hall–Kier alpha value is -1.39. The van der Waals surface area contributed by atoms with Crippen molar-refractivity contribution < 1.29 is 9.84 Å². The highest BCUT2D eigenvalue weighted by atomic mass is 32.1. The van der Waals surface area contributed by atoms with Crippen molar-refractivity contribution in [3.63, 3.8) is 0 Å². The van der Waals surface area contributed by atoms with Crippen LogP contribution in [0.3, 0.4) is 0 Å². The summed E-state index contributed by atoms with van der Waals surface area (Å²) in [5.74, 6) is 0. The normalized spacial score (nSPS) is 10.5. The molecule has 0 aliphatic carbocycles. The topological polar surface area (TPSA) is 42.4 Å². The van der Waals surface area contributed by atoms with Crippen LogP contribution in [0.25, 0.3) is 11.3 Å². The third-order valence-electron chi connectivity index (χ3n) is 2.63. The van der Waals surface area contributed by atoms with E-state index in [-0.39, 0.29) is 6.61 Å². The second kappa shape index (κ2) is 5.29. The molecule has 2 aromatic rings. The Balaban J connectivity index is 2.40. The molecule has 0 radical (unpaired) electrons. The van der Waals surface area contributed by atoms with Gasteiger partial charge in [-0.2, -0.15) is 0 Å². The van der Waals surface area contributed by atoms with Crippen molar-refractivity contribution in [2.24, 2.45) is 0 Å². The Kier molecular flexibility index (Phi) is 3.76. The van der Waals surface area contributed by atoms with E-state index in [1.165, 1.54) is 16.9 Å². The van der Waals surface area contributed by atoms with Crippen LogP contribution in [-0.4, -0.2) is 17.2 Å². The number of aryl methyl sites for hydroxylation is 1. The van der Waals surface area contributed by atoms with Gasteiger partial charge in [-0.1, -0.05) is 42.5 Å². The van der Waals surface area contributed by atoms with E-state index in [9.17, 15) is 5.11 Å². The molecule has 0 fully saturated rings. The predicted molar refractivity (Wildman–Crippen MR) is 69.4 cm³/mol. The van der Waals surface area contributed by atoms with Crippen LogP contribution < -0.4 is 4.74 Å². The zero-order valence-electron chi connectivity index (χ0n) is 9.93. The molecule has 0 saturated carbocycles. The van der Waals surface area contributed by atoms with Crippen molar-refractivity contribution in [1.29, 1.82) is 0 Å². The zero-order chi connectivity index (χ0) is 12.3. The Bertz CT molecular complexity index is 491. The van der Waals surface area contributed by atoms with Crippen molar-refractivity contribution in [3.05, 3.63) is 34.7 Å². The van der Waals surface area contributed by atoms with Gasteiger partial charge >= 0.3 is 0 Å². The van der Waals surface area contributed by atoms with Gasteiger partial charge in [0, 0.05) is 5.56 Å². The van der Waals surface area contributed by atoms with Crippen LogP contribution in [0, 0.1) is 0 Å². The molecule has 0 aliphatic heterocycles. The summed E-state index contributed by atoms with van der Waals surface area (Å²) in [4.78, 5) is 5.20. The summed E-state index contributed by atoms with van der Waals surface area (Å²) in [5, 5.41) is 9.89. The van der Waals surface area contributed by atoms with E-state index in [1.807, 2.05) is 12.1 Å². The molecule has 0 amide bonds. The molecule has 0 saturated heterocycles. The van der Waals surface area contributed by atoms with Gasteiger partial charge in [0.2, 0.25) is 0 Å². The van der Waals surface area contributed by atoms with Crippen molar-refractivity contribution in [1.82, 2.24) is 4.98 Å². The van der Waals surface area contributed by atoms with Crippen LogP contribution in [0.1, 0.15) is 17.4 Å². The van der Waals surface area contributed by atoms with Gasteiger partial charge in [0.05, 0.1) is 24.3 Å². The Morgan fingerprint density at radius 3 is 2.53 bits per heavy atom. The molecule has 1 aromatic carbocycles. The lowest BCUT2D eigenvalue weighted by molar-refractivity contribution is 0.286. The number of hydrogen-bond donors (Lipinski definition) is 1. The largest absolute Gasteiger partial charge is 0.473 e. The summed E-state index contributed by atoms with van der Waals surface area (Å²) in [6, 6.07) is 8.24. The number of methoxy groups -OCH3 is 1. The molecule has 1 heterocycles. The number of hydrogen-bond acceptors (Lipinski definition) is 4. The average Bonchev–Trinajstić information content (AvgIpc) is 2.82. The minimum absolute atomic E-state index is 0.00805. The minimum atomic E-state index is -0.00805. The second-order valence-electron chi connectivity index (χ2n) is 3.66. The highest BCUT2D eigenvalue weighted by Gasteiger charge is 2.12. The third kappa shape index (κ3) is 2.48. The molecular formula is C13H15NO2S. The van der Waals surface area contributed by atoms with Crippen LogP contribution in [0.5, 0.6) is 5.19 Å². The van der Waals surface area contributed by atoms with Crippen LogP contribution in [0.15, 0.2) is 24.3 Å². The maximum Gasteiger partial charge on any atom is 0.273 e. The van der Waals surface area contributed by atoms with E-state index in [2.05, 4.69) is 24.0 Å². The highest BCUT2D eigenvalue weighted by Crippen LogP contribution is 2.32. The zero-order valence-corrected chi connectivity index (χ0v) is 10.8. The Morgan fingerprint density at radius 2 is 2.00 bits per heavy atom. The molecule has 0 unspecified atom stereocenters. The molecule has 17 heavy (non-hydrogen) atoms. The van der Waals surface area contributed by atoms with E-state index in [0.717, 1.165) is 22.6 Å². The number of rotatable bonds is 4. The van der Waals surface area contributed by atoms with E-state index in [4.69, 9.17) is 4.74 Å². The van der Waals surface area contributed by atoms with Crippen LogP contribution in [0.2, 0.25) is 0 Å². The fourth-order valence-corrected chi connectivity index (χ4v) is 2.40. The van der Waals surface area contributed by atoms with E-state index >= 15 is 0 Å². The Labute approximate surface area is 105 Å². The first-order chi connectivity index (χ1) is 8.28. The first-order valence-electron chi connectivity index (χ1n) is 5.52. The smallest absolute Gasteiger partial charge is 0.273 e. The molecule has 2 rings (SSSR count). The lowest BCUT2D eigenvalue weighted by Gasteiger charge is -2.01. The number of nitrogens with zero attached hydrogens (tertiary/aromatic N) is 1. The molecule has 90 valence electrons. The number of thiazole rings is 1. The van der Waals surface area contributed by atoms with Gasteiger partial charge in [-0.05, 0) is 12.0 Å². The maximum absolute atomic E-state index is 9.30. The summed E-state index contributed by atoms with van der Waals surface area (Å²) >= 11 is 1.38. The van der Waals surface area contributed by atoms with Crippen molar-refractivity contribution >= 4 is 11.3 Å². The van der Waals surface area contributed by atoms with Gasteiger partial charge in [-0.3, -0.25) is 0 Å². The summed E-state index contributed by atoms with van der Waals surface area (Å²) in [5.41, 5.74) is 3.13. The van der Waals surface area contributed by atoms with Gasteiger partial charge in [0.15, 0.2) is 0 Å². The van der Waals surface area contributed by atoms with Crippen LogP contribution in [-0.2, 0) is 13.0 Å². The minimum Gasteiger partial charge on any atom is -0.473 e. The Morgan fingerprint density at radius 1 is 1.29 bits per heavy atom. The average molecular weight is 249 g/mol. The standard InChI is InChI=1S/C13H15NO2S/c1-3-9-4-6-10(7-5-9)12-11(8-15)17-13(14-12)16-2/h4-7,15H,3,8H2,1-2H3. The predicted octanol–water partition coefficient (Wildman–Crippen LogP) is 2.87. The highest BCUT2D eigenvalue weighted by molar-refractivity contribution is 7.13. The van der Waals surface area contributed by atoms with Crippen molar-refractivity contribution in [2.75, 3.05) is 7.11 Å². The fourth-order valence-electron chi connectivity index (χ4n) is 1.65. The van der Waals surface area contributed by atoms with Crippen molar-refractivity contribution in [3.8, 4) is 16.5 Å². The van der Waals surface area contributed by atoms with E-state index in [1.54, 1.807) is 7.11 Å². The van der Waals surface area contributed by atoms with Gasteiger partial charge in [0.1, 0.15) is 0 Å². The summed E-state index contributed by atoms with van der Waals surface area (Å²) in [6.45, 7) is 2.12. The number of benzene rings is 1. The van der Waals surface area contributed by atoms with Gasteiger partial charge < -0.3 is 9.84 Å². The lowest BCUT2D eigenvalue weighted by Crippen LogP contribution is -1.87. The lowest BCUT2D eigenvalue weighted by atomic mass is 10.1. The quantitative estimate of drug-likeness (QED) is 0.906. The molecule has 0 aliphatic rings. The molecule has 4 heteroatoms. The molecule has 1 aromatic heterocycles. The first kappa shape index (κ1) is 12.1. The maximum atomic E-state index is 9.30. The number of ether oxygens (including phenoxy) is 1. The first-order valence-corrected chi connectivity index (χ1v) is 6.34. The van der Waals surface area contributed by atoms with Gasteiger partial charge in [-0.15, -0.1) is 0 Å². The molecule has 0 atom stereocenters. The molecule has 0 spiro atoms. The van der Waals surface area contributed by atoms with E-state index < -0.39 is 0 Å². The van der Waals surface area contributed by atoms with Gasteiger partial charge in [0.25, 0.3) is 5.19 Å². The number of aliphatic hydroxyl groups is 1. The van der Waals surface area contributed by atoms with E-state index in [0.29, 0.717) is 5.19 Å². The SMILES string of the molecule is CCc1ccc(-c2nc(OC)sc2CO)cc1. The van der Waals surface area contributed by atoms with Crippen LogP contribution >= 0.6 is 11.3 Å². The summed E-state index contributed by atoms with van der Waals surface area (Å²) in [7, 11) is 1.59. The van der Waals surface area contributed by atoms with Crippen LogP contribution in [0.4, 0.5) is 0 Å². The summed E-state index contributed by atoms with van der Waals surface area (Å²) < 4.78 is 5.10. The number of aliphatic hydroxyl groups excluding tert-OH is 1. The molecule has 3 nitrogen and oxygen atoms in total. The summed E-state index contributed by atoms with van der Waals surface area (Å²) in [6.07, 6.45) is 1.02. The monoisotopic (exact) mass is 249 g/mol. The van der Waals surface area contributed by atoms with Crippen molar-refractivity contribution in [2.45, 2.75) is 20.0 Å². The number of aromatic nitrogens is 1. The second-order valence-corrected chi connectivity index (χ2v) is 4.71. The van der Waals surface area contributed by atoms with Gasteiger partial charge in [-0.25, -0.2) is 4.98 Å². The molecule has 0 bridgehead atoms. The molecule has 1 N–H and O–H groups in total.